The van der Waals surface area contributed by atoms with E-state index in [1.807, 2.05) is 12.2 Å². The molecule has 0 aliphatic heterocycles. The number of hydrogen-bond acceptors (Lipinski definition) is 2. The van der Waals surface area contributed by atoms with Crippen LogP contribution in [0.25, 0.3) is 0 Å². The minimum atomic E-state index is -0.646. The van der Waals surface area contributed by atoms with E-state index in [1.165, 1.54) is 0 Å². The molecule has 0 aromatic heterocycles. The van der Waals surface area contributed by atoms with Crippen LogP contribution in [0.1, 0.15) is 26.2 Å². The molecule has 0 aromatic rings. The molecule has 0 unspecified atom stereocenters. The predicted molar refractivity (Wildman–Crippen MR) is 63.1 cm³/mol. The van der Waals surface area contributed by atoms with Crippen molar-refractivity contribution in [2.24, 2.45) is 0 Å². The smallest absolute Gasteiger partial charge is 0.407 e. The van der Waals surface area contributed by atoms with Crippen LogP contribution in [0.5, 0.6) is 0 Å². The van der Waals surface area contributed by atoms with Crippen molar-refractivity contribution in [1.29, 1.82) is 0 Å². The van der Waals surface area contributed by atoms with Gasteiger partial charge in [0.05, 0.1) is 0 Å². The topological polar surface area (TPSA) is 38.3 Å². The van der Waals surface area contributed by atoms with Crippen LogP contribution in [0, 0.1) is 0 Å². The van der Waals surface area contributed by atoms with E-state index in [4.69, 9.17) is 0 Å². The van der Waals surface area contributed by atoms with Gasteiger partial charge in [-0.25, -0.2) is 9.18 Å². The van der Waals surface area contributed by atoms with Crippen LogP contribution in [-0.4, -0.2) is 25.9 Å². The zero-order valence-corrected chi connectivity index (χ0v) is 9.75. The highest BCUT2D eigenvalue weighted by Gasteiger charge is 1.97. The van der Waals surface area contributed by atoms with Gasteiger partial charge in [0.1, 0.15) is 13.3 Å². The molecule has 0 radical (unpaired) electrons. The maximum absolute atomic E-state index is 11.6. The largest absolute Gasteiger partial charge is 0.447 e. The Morgan fingerprint density at radius 2 is 1.94 bits per heavy atom. The van der Waals surface area contributed by atoms with E-state index in [0.29, 0.717) is 6.54 Å². The number of carbonyl (C=O) groups excluding carboxylic acids is 1. The third-order valence-electron chi connectivity index (χ3n) is 1.74. The fourth-order valence-corrected chi connectivity index (χ4v) is 1.00. The molecule has 0 saturated heterocycles. The van der Waals surface area contributed by atoms with Crippen molar-refractivity contribution >= 4 is 6.09 Å². The maximum atomic E-state index is 11.6. The molecular formula is C12H20FNO2. The van der Waals surface area contributed by atoms with E-state index >= 15 is 0 Å². The first-order valence-electron chi connectivity index (χ1n) is 5.57. The summed E-state index contributed by atoms with van der Waals surface area (Å²) in [6, 6.07) is 0. The quantitative estimate of drug-likeness (QED) is 0.513. The molecule has 0 fully saturated rings. The number of unbranched alkanes of at least 4 members (excludes halogenated alkanes) is 1. The number of nitrogens with one attached hydrogen (secondary N) is 1. The monoisotopic (exact) mass is 229 g/mol. The summed E-state index contributed by atoms with van der Waals surface area (Å²) < 4.78 is 16.1. The summed E-state index contributed by atoms with van der Waals surface area (Å²) in [6.07, 6.45) is 10.6. The number of alkyl carbamates (subject to hydrolysis) is 1. The number of allylic oxidation sites excluding steroid dienone is 3. The number of halogens is 1. The van der Waals surface area contributed by atoms with Crippen LogP contribution < -0.4 is 5.32 Å². The maximum Gasteiger partial charge on any atom is 0.407 e. The molecule has 0 saturated carbocycles. The van der Waals surface area contributed by atoms with Crippen LogP contribution in [0.15, 0.2) is 24.3 Å². The highest BCUT2D eigenvalue weighted by molar-refractivity contribution is 5.67. The second kappa shape index (κ2) is 11.8. The second-order valence-corrected chi connectivity index (χ2v) is 3.13. The van der Waals surface area contributed by atoms with E-state index in [-0.39, 0.29) is 6.61 Å². The molecule has 3 nitrogen and oxygen atoms in total. The molecule has 0 spiro atoms. The molecule has 92 valence electrons. The van der Waals surface area contributed by atoms with Gasteiger partial charge in [-0.1, -0.05) is 31.2 Å². The SMILES string of the molecule is CCC=CCCC=CCNC(=O)OCCF. The molecule has 1 N–H and O–H groups in total. The van der Waals surface area contributed by atoms with E-state index in [0.717, 1.165) is 19.3 Å². The number of amides is 1. The van der Waals surface area contributed by atoms with Crippen LogP contribution >= 0.6 is 0 Å². The van der Waals surface area contributed by atoms with Crippen LogP contribution in [0.4, 0.5) is 9.18 Å². The Hall–Kier alpha value is -1.32. The van der Waals surface area contributed by atoms with Gasteiger partial charge in [-0.2, -0.15) is 0 Å². The van der Waals surface area contributed by atoms with Gasteiger partial charge in [0.25, 0.3) is 0 Å². The Bertz CT molecular complexity index is 227. The van der Waals surface area contributed by atoms with Gasteiger partial charge in [0, 0.05) is 6.54 Å². The number of ether oxygens (including phenoxy) is 1. The van der Waals surface area contributed by atoms with Crippen molar-refractivity contribution in [1.82, 2.24) is 5.32 Å². The lowest BCUT2D eigenvalue weighted by Crippen LogP contribution is -2.24. The molecule has 4 heteroatoms. The van der Waals surface area contributed by atoms with E-state index < -0.39 is 12.8 Å². The normalized spacial score (nSPS) is 11.1. The first-order valence-corrected chi connectivity index (χ1v) is 5.57. The fraction of sp³-hybridized carbons (Fsp3) is 0.583. The van der Waals surface area contributed by atoms with Crippen LogP contribution in [-0.2, 0) is 4.74 Å². The highest BCUT2D eigenvalue weighted by atomic mass is 19.1. The first kappa shape index (κ1) is 14.7. The zero-order chi connectivity index (χ0) is 12.1. The summed E-state index contributed by atoms with van der Waals surface area (Å²) in [5.74, 6) is 0. The summed E-state index contributed by atoms with van der Waals surface area (Å²) in [5.41, 5.74) is 0. The molecule has 0 rings (SSSR count). The lowest BCUT2D eigenvalue weighted by atomic mass is 10.2. The molecule has 0 aromatic carbocycles. The number of carbonyl (C=O) groups is 1. The molecule has 1 amide bonds. The first-order chi connectivity index (χ1) is 7.81. The van der Waals surface area contributed by atoms with Gasteiger partial charge in [-0.05, 0) is 19.3 Å². The van der Waals surface area contributed by atoms with E-state index in [1.54, 1.807) is 0 Å². The predicted octanol–water partition coefficient (Wildman–Crippen LogP) is 2.98. The summed E-state index contributed by atoms with van der Waals surface area (Å²) in [7, 11) is 0. The molecular weight excluding hydrogens is 209 g/mol. The van der Waals surface area contributed by atoms with Crippen molar-refractivity contribution in [2.45, 2.75) is 26.2 Å². The van der Waals surface area contributed by atoms with Gasteiger partial charge < -0.3 is 10.1 Å². The Morgan fingerprint density at radius 3 is 2.56 bits per heavy atom. The minimum absolute atomic E-state index is 0.183. The van der Waals surface area contributed by atoms with Gasteiger partial charge in [-0.3, -0.25) is 0 Å². The van der Waals surface area contributed by atoms with Crippen molar-refractivity contribution < 1.29 is 13.9 Å². The number of alkyl halides is 1. The van der Waals surface area contributed by atoms with E-state index in [2.05, 4.69) is 29.1 Å². The van der Waals surface area contributed by atoms with Crippen molar-refractivity contribution in [3.8, 4) is 0 Å². The Kier molecular flexibility index (Phi) is 10.8. The number of rotatable bonds is 8. The van der Waals surface area contributed by atoms with Gasteiger partial charge >= 0.3 is 6.09 Å². The van der Waals surface area contributed by atoms with Crippen molar-refractivity contribution in [2.75, 3.05) is 19.8 Å². The van der Waals surface area contributed by atoms with Crippen molar-refractivity contribution in [3.05, 3.63) is 24.3 Å². The molecule has 0 aliphatic rings. The van der Waals surface area contributed by atoms with Gasteiger partial charge in [-0.15, -0.1) is 0 Å². The number of hydrogen-bond donors (Lipinski definition) is 1. The molecule has 0 heterocycles. The van der Waals surface area contributed by atoms with Crippen molar-refractivity contribution in [3.63, 3.8) is 0 Å². The lowest BCUT2D eigenvalue weighted by Gasteiger charge is -2.01. The summed E-state index contributed by atoms with van der Waals surface area (Å²) >= 11 is 0. The highest BCUT2D eigenvalue weighted by Crippen LogP contribution is 1.93. The Balaban J connectivity index is 3.33. The van der Waals surface area contributed by atoms with Gasteiger partial charge in [0.2, 0.25) is 0 Å². The Morgan fingerprint density at radius 1 is 1.25 bits per heavy atom. The molecule has 16 heavy (non-hydrogen) atoms. The summed E-state index contributed by atoms with van der Waals surface area (Å²) in [5, 5.41) is 2.49. The van der Waals surface area contributed by atoms with E-state index in [9.17, 15) is 9.18 Å². The summed E-state index contributed by atoms with van der Waals surface area (Å²) in [6.45, 7) is 1.69. The summed E-state index contributed by atoms with van der Waals surface area (Å²) in [4.78, 5) is 10.8. The van der Waals surface area contributed by atoms with Crippen LogP contribution in [0.2, 0.25) is 0 Å². The third kappa shape index (κ3) is 10.8. The minimum Gasteiger partial charge on any atom is -0.447 e. The molecule has 0 aliphatic carbocycles. The second-order valence-electron chi connectivity index (χ2n) is 3.13. The lowest BCUT2D eigenvalue weighted by molar-refractivity contribution is 0.138. The average Bonchev–Trinajstić information content (AvgIpc) is 2.30. The molecule has 0 atom stereocenters. The van der Waals surface area contributed by atoms with Gasteiger partial charge in [0.15, 0.2) is 0 Å². The zero-order valence-electron chi connectivity index (χ0n) is 9.75. The molecule has 0 bridgehead atoms. The standard InChI is InChI=1S/C12H20FNO2/c1-2-3-4-5-6-7-8-10-14-12(15)16-11-9-13/h3-4,7-8H,2,5-6,9-11H2,1H3,(H,14,15). The average molecular weight is 229 g/mol. The fourth-order valence-electron chi connectivity index (χ4n) is 1.00. The Labute approximate surface area is 96.4 Å². The van der Waals surface area contributed by atoms with Crippen LogP contribution in [0.3, 0.4) is 0 Å². The third-order valence-corrected chi connectivity index (χ3v) is 1.74.